The minimum atomic E-state index is -1.13. The number of urea groups is 1. The number of carboxylic acid groups (broad SMARTS) is 1. The van der Waals surface area contributed by atoms with Gasteiger partial charge < -0.3 is 20.5 Å². The molecule has 2 amide bonds. The van der Waals surface area contributed by atoms with Gasteiger partial charge in [-0.25, -0.2) is 9.59 Å². The average Bonchev–Trinajstić information content (AvgIpc) is 2.33. The lowest BCUT2D eigenvalue weighted by atomic mass is 10.3. The van der Waals surface area contributed by atoms with Crippen molar-refractivity contribution in [1.29, 1.82) is 0 Å². The van der Waals surface area contributed by atoms with Gasteiger partial charge in [0.1, 0.15) is 0 Å². The zero-order valence-corrected chi connectivity index (χ0v) is 11.1. The largest absolute Gasteiger partial charge is 0.479 e. The minimum Gasteiger partial charge on any atom is -0.479 e. The number of ether oxygens (including phenoxy) is 1. The summed E-state index contributed by atoms with van der Waals surface area (Å²) in [5.41, 5.74) is 2.12. The van der Waals surface area contributed by atoms with Crippen LogP contribution in [0.25, 0.3) is 0 Å². The Hall–Kier alpha value is -2.15. The van der Waals surface area contributed by atoms with Crippen LogP contribution in [0.4, 0.5) is 10.5 Å². The lowest BCUT2D eigenvalue weighted by Crippen LogP contribution is -2.39. The molecule has 0 aromatic carbocycles. The third kappa shape index (κ3) is 4.55. The van der Waals surface area contributed by atoms with E-state index in [0.717, 1.165) is 5.69 Å². The van der Waals surface area contributed by atoms with Crippen molar-refractivity contribution in [2.75, 3.05) is 19.0 Å². The number of aliphatic carboxylic acids is 1. The van der Waals surface area contributed by atoms with Gasteiger partial charge >= 0.3 is 12.0 Å². The van der Waals surface area contributed by atoms with E-state index in [1.165, 1.54) is 7.11 Å². The van der Waals surface area contributed by atoms with E-state index in [1.54, 1.807) is 19.1 Å². The molecular formula is C12H17N3O4. The molecule has 1 unspecified atom stereocenters. The van der Waals surface area contributed by atoms with E-state index in [0.29, 0.717) is 11.4 Å². The summed E-state index contributed by atoms with van der Waals surface area (Å²) in [4.78, 5) is 26.5. The summed E-state index contributed by atoms with van der Waals surface area (Å²) < 4.78 is 4.70. The van der Waals surface area contributed by atoms with Gasteiger partial charge in [-0.15, -0.1) is 0 Å². The first kappa shape index (κ1) is 14.9. The smallest absolute Gasteiger partial charge is 0.334 e. The summed E-state index contributed by atoms with van der Waals surface area (Å²) in [5.74, 6) is -1.13. The van der Waals surface area contributed by atoms with Crippen molar-refractivity contribution in [3.63, 3.8) is 0 Å². The normalized spacial score (nSPS) is 11.7. The SMILES string of the molecule is COC(CNC(=O)Nc1ccc(C)nc1C)C(=O)O. The maximum atomic E-state index is 11.6. The number of pyridine rings is 1. The molecule has 0 aliphatic heterocycles. The molecule has 1 aromatic heterocycles. The van der Waals surface area contributed by atoms with E-state index in [1.807, 2.05) is 6.92 Å². The van der Waals surface area contributed by atoms with Crippen molar-refractivity contribution in [3.8, 4) is 0 Å². The number of rotatable bonds is 5. The first-order valence-electron chi connectivity index (χ1n) is 5.68. The van der Waals surface area contributed by atoms with E-state index < -0.39 is 18.1 Å². The molecule has 1 aromatic rings. The van der Waals surface area contributed by atoms with E-state index in [-0.39, 0.29) is 6.54 Å². The molecule has 0 spiro atoms. The molecule has 1 rings (SSSR count). The second kappa shape index (κ2) is 6.69. The molecule has 1 atom stereocenters. The van der Waals surface area contributed by atoms with E-state index >= 15 is 0 Å². The molecule has 0 saturated heterocycles. The van der Waals surface area contributed by atoms with Gasteiger partial charge in [0.05, 0.1) is 17.9 Å². The van der Waals surface area contributed by atoms with Crippen LogP contribution in [0.15, 0.2) is 12.1 Å². The lowest BCUT2D eigenvalue weighted by Gasteiger charge is -2.13. The molecule has 7 nitrogen and oxygen atoms in total. The quantitative estimate of drug-likeness (QED) is 0.736. The van der Waals surface area contributed by atoms with Gasteiger partial charge in [-0.1, -0.05) is 0 Å². The highest BCUT2D eigenvalue weighted by atomic mass is 16.5. The molecular weight excluding hydrogens is 250 g/mol. The third-order valence-corrected chi connectivity index (χ3v) is 2.48. The molecule has 0 bridgehead atoms. The van der Waals surface area contributed by atoms with Gasteiger partial charge in [-0.2, -0.15) is 0 Å². The van der Waals surface area contributed by atoms with Crippen LogP contribution in [0, 0.1) is 13.8 Å². The Kier molecular flexibility index (Phi) is 5.25. The molecule has 0 fully saturated rings. The fourth-order valence-corrected chi connectivity index (χ4v) is 1.44. The Morgan fingerprint density at radius 1 is 1.42 bits per heavy atom. The van der Waals surface area contributed by atoms with E-state index in [4.69, 9.17) is 9.84 Å². The van der Waals surface area contributed by atoms with Crippen molar-refractivity contribution in [1.82, 2.24) is 10.3 Å². The number of methoxy groups -OCH3 is 1. The average molecular weight is 267 g/mol. The number of carbonyl (C=O) groups is 2. The van der Waals surface area contributed by atoms with E-state index in [2.05, 4.69) is 15.6 Å². The minimum absolute atomic E-state index is 0.115. The van der Waals surface area contributed by atoms with E-state index in [9.17, 15) is 9.59 Å². The summed E-state index contributed by atoms with van der Waals surface area (Å²) in [6.45, 7) is 3.51. The van der Waals surface area contributed by atoms with Crippen LogP contribution in [-0.4, -0.2) is 41.8 Å². The highest BCUT2D eigenvalue weighted by molar-refractivity contribution is 5.90. The number of anilines is 1. The topological polar surface area (TPSA) is 101 Å². The fraction of sp³-hybridized carbons (Fsp3) is 0.417. The Bertz CT molecular complexity index is 476. The summed E-state index contributed by atoms with van der Waals surface area (Å²) in [6, 6.07) is 3.01. The van der Waals surface area contributed by atoms with Gasteiger partial charge in [0, 0.05) is 12.8 Å². The second-order valence-electron chi connectivity index (χ2n) is 3.98. The number of carboxylic acids is 1. The highest BCUT2D eigenvalue weighted by Crippen LogP contribution is 2.12. The van der Waals surface area contributed by atoms with Gasteiger partial charge in [0.25, 0.3) is 0 Å². The third-order valence-electron chi connectivity index (χ3n) is 2.48. The number of nitrogens with one attached hydrogen (secondary N) is 2. The van der Waals surface area contributed by atoms with Crippen molar-refractivity contribution in [2.45, 2.75) is 20.0 Å². The molecule has 1 heterocycles. The predicted octanol–water partition coefficient (Wildman–Crippen LogP) is 0.920. The Labute approximate surface area is 111 Å². The van der Waals surface area contributed by atoms with Gasteiger partial charge in [-0.05, 0) is 26.0 Å². The molecule has 0 saturated carbocycles. The van der Waals surface area contributed by atoms with Gasteiger partial charge in [-0.3, -0.25) is 4.98 Å². The van der Waals surface area contributed by atoms with Crippen LogP contribution in [0.1, 0.15) is 11.4 Å². The van der Waals surface area contributed by atoms with Crippen molar-refractivity contribution in [2.24, 2.45) is 0 Å². The van der Waals surface area contributed by atoms with Crippen LogP contribution in [0.3, 0.4) is 0 Å². The number of carbonyl (C=O) groups excluding carboxylic acids is 1. The monoisotopic (exact) mass is 267 g/mol. The molecule has 7 heteroatoms. The molecule has 3 N–H and O–H groups in total. The summed E-state index contributed by atoms with van der Waals surface area (Å²) in [7, 11) is 1.27. The van der Waals surface area contributed by atoms with Crippen molar-refractivity contribution >= 4 is 17.7 Å². The summed E-state index contributed by atoms with van der Waals surface area (Å²) in [5, 5.41) is 13.8. The van der Waals surface area contributed by atoms with Crippen LogP contribution < -0.4 is 10.6 Å². The maximum absolute atomic E-state index is 11.6. The fourth-order valence-electron chi connectivity index (χ4n) is 1.44. The lowest BCUT2D eigenvalue weighted by molar-refractivity contribution is -0.147. The number of nitrogens with zero attached hydrogens (tertiary/aromatic N) is 1. The molecule has 0 aliphatic carbocycles. The molecule has 19 heavy (non-hydrogen) atoms. The van der Waals surface area contributed by atoms with Crippen molar-refractivity contribution < 1.29 is 19.4 Å². The number of hydrogen-bond acceptors (Lipinski definition) is 4. The molecule has 0 radical (unpaired) electrons. The zero-order valence-electron chi connectivity index (χ0n) is 11.1. The zero-order chi connectivity index (χ0) is 14.4. The summed E-state index contributed by atoms with van der Waals surface area (Å²) >= 11 is 0. The van der Waals surface area contributed by atoms with Crippen LogP contribution in [0.5, 0.6) is 0 Å². The molecule has 0 aliphatic rings. The van der Waals surface area contributed by atoms with Crippen molar-refractivity contribution in [3.05, 3.63) is 23.5 Å². The first-order valence-corrected chi connectivity index (χ1v) is 5.68. The van der Waals surface area contributed by atoms with Gasteiger partial charge in [0.15, 0.2) is 6.10 Å². The Morgan fingerprint density at radius 3 is 2.63 bits per heavy atom. The predicted molar refractivity (Wildman–Crippen MR) is 69.2 cm³/mol. The molecule has 104 valence electrons. The van der Waals surface area contributed by atoms with Crippen LogP contribution >= 0.6 is 0 Å². The van der Waals surface area contributed by atoms with Crippen LogP contribution in [-0.2, 0) is 9.53 Å². The number of aromatic nitrogens is 1. The number of hydrogen-bond donors (Lipinski definition) is 3. The Balaban J connectivity index is 2.53. The standard InChI is InChI=1S/C12H17N3O4/c1-7-4-5-9(8(2)14-7)15-12(18)13-6-10(19-3)11(16)17/h4-5,10H,6H2,1-3H3,(H,16,17)(H2,13,15,18). The summed E-state index contributed by atoms with van der Waals surface area (Å²) in [6.07, 6.45) is -1.07. The van der Waals surface area contributed by atoms with Crippen LogP contribution in [0.2, 0.25) is 0 Å². The highest BCUT2D eigenvalue weighted by Gasteiger charge is 2.17. The first-order chi connectivity index (χ1) is 8.93. The second-order valence-corrected chi connectivity index (χ2v) is 3.98. The number of amides is 2. The maximum Gasteiger partial charge on any atom is 0.334 e. The number of aryl methyl sites for hydroxylation is 2. The Morgan fingerprint density at radius 2 is 2.11 bits per heavy atom. The van der Waals surface area contributed by atoms with Gasteiger partial charge in [0.2, 0.25) is 0 Å².